The second-order valence-corrected chi connectivity index (χ2v) is 3.60. The lowest BCUT2D eigenvalue weighted by atomic mass is 10.2. The Morgan fingerprint density at radius 1 is 1.13 bits per heavy atom. The van der Waals surface area contributed by atoms with Crippen LogP contribution in [0.4, 0.5) is 5.69 Å². The second-order valence-electron chi connectivity index (χ2n) is 3.19. The van der Waals surface area contributed by atoms with Gasteiger partial charge in [-0.1, -0.05) is 37.6 Å². The zero-order valence-corrected chi connectivity index (χ0v) is 10.2. The number of piperazine rings is 1. The van der Waals surface area contributed by atoms with Crippen molar-refractivity contribution in [3.8, 4) is 0 Å². The van der Waals surface area contributed by atoms with Crippen LogP contribution in [0.5, 0.6) is 0 Å². The zero-order chi connectivity index (χ0) is 11.1. The molecule has 1 saturated heterocycles. The lowest BCUT2D eigenvalue weighted by Gasteiger charge is -2.30. The highest BCUT2D eigenvalue weighted by Crippen LogP contribution is 2.24. The number of nitrogens with one attached hydrogen (secondary N) is 1. The SMILES string of the molecule is CC.Clc1ccccc1N1CCNCC1. The van der Waals surface area contributed by atoms with Crippen LogP contribution in [0.1, 0.15) is 13.8 Å². The molecule has 0 spiro atoms. The number of rotatable bonds is 1. The first-order chi connectivity index (χ1) is 7.38. The Hall–Kier alpha value is -0.730. The van der Waals surface area contributed by atoms with Crippen LogP contribution >= 0.6 is 11.6 Å². The van der Waals surface area contributed by atoms with E-state index in [0.717, 1.165) is 36.9 Å². The highest BCUT2D eigenvalue weighted by molar-refractivity contribution is 6.33. The van der Waals surface area contributed by atoms with E-state index in [2.05, 4.69) is 16.3 Å². The topological polar surface area (TPSA) is 15.3 Å². The largest absolute Gasteiger partial charge is 0.368 e. The summed E-state index contributed by atoms with van der Waals surface area (Å²) in [5.41, 5.74) is 1.16. The number of anilines is 1. The van der Waals surface area contributed by atoms with E-state index in [9.17, 15) is 0 Å². The molecular weight excluding hydrogens is 208 g/mol. The van der Waals surface area contributed by atoms with Crippen LogP contribution in [-0.2, 0) is 0 Å². The number of hydrogen-bond donors (Lipinski definition) is 1. The smallest absolute Gasteiger partial charge is 0.0639 e. The fourth-order valence-electron chi connectivity index (χ4n) is 1.61. The van der Waals surface area contributed by atoms with Gasteiger partial charge in [-0.05, 0) is 12.1 Å². The van der Waals surface area contributed by atoms with Crippen LogP contribution in [0.3, 0.4) is 0 Å². The van der Waals surface area contributed by atoms with Crippen molar-refractivity contribution in [1.82, 2.24) is 5.32 Å². The maximum atomic E-state index is 6.10. The van der Waals surface area contributed by atoms with Gasteiger partial charge >= 0.3 is 0 Å². The van der Waals surface area contributed by atoms with Gasteiger partial charge in [-0.15, -0.1) is 0 Å². The van der Waals surface area contributed by atoms with Gasteiger partial charge in [0.25, 0.3) is 0 Å². The second kappa shape index (κ2) is 6.70. The third-order valence-electron chi connectivity index (χ3n) is 2.31. The van der Waals surface area contributed by atoms with Gasteiger partial charge in [0.15, 0.2) is 0 Å². The lowest BCUT2D eigenvalue weighted by Crippen LogP contribution is -2.43. The Balaban J connectivity index is 0.000000531. The molecule has 0 aliphatic carbocycles. The summed E-state index contributed by atoms with van der Waals surface area (Å²) >= 11 is 6.10. The van der Waals surface area contributed by atoms with E-state index in [1.807, 2.05) is 32.0 Å². The third-order valence-corrected chi connectivity index (χ3v) is 2.63. The summed E-state index contributed by atoms with van der Waals surface area (Å²) in [4.78, 5) is 2.32. The average molecular weight is 227 g/mol. The minimum absolute atomic E-state index is 0.851. The standard InChI is InChI=1S/C10H13ClN2.C2H6/c11-9-3-1-2-4-10(9)13-7-5-12-6-8-13;1-2/h1-4,12H,5-8H2;1-2H3. The van der Waals surface area contributed by atoms with Crippen molar-refractivity contribution >= 4 is 17.3 Å². The van der Waals surface area contributed by atoms with E-state index in [-0.39, 0.29) is 0 Å². The van der Waals surface area contributed by atoms with Crippen LogP contribution in [-0.4, -0.2) is 26.2 Å². The van der Waals surface area contributed by atoms with Crippen LogP contribution < -0.4 is 10.2 Å². The minimum Gasteiger partial charge on any atom is -0.368 e. The zero-order valence-electron chi connectivity index (χ0n) is 9.46. The molecule has 15 heavy (non-hydrogen) atoms. The van der Waals surface area contributed by atoms with Gasteiger partial charge in [-0.25, -0.2) is 0 Å². The molecule has 0 saturated carbocycles. The molecule has 0 atom stereocenters. The number of benzene rings is 1. The van der Waals surface area contributed by atoms with Crippen LogP contribution in [0.2, 0.25) is 5.02 Å². The Bertz CT molecular complexity index is 283. The predicted molar refractivity (Wildman–Crippen MR) is 67.9 cm³/mol. The molecule has 2 nitrogen and oxygen atoms in total. The fraction of sp³-hybridized carbons (Fsp3) is 0.500. The van der Waals surface area contributed by atoms with Gasteiger partial charge in [-0.3, -0.25) is 0 Å². The molecule has 1 N–H and O–H groups in total. The normalized spacial score (nSPS) is 15.5. The fourth-order valence-corrected chi connectivity index (χ4v) is 1.87. The molecule has 0 radical (unpaired) electrons. The van der Waals surface area contributed by atoms with E-state index in [1.54, 1.807) is 0 Å². The number of halogens is 1. The Labute approximate surface area is 97.2 Å². The predicted octanol–water partition coefficient (Wildman–Crippen LogP) is 2.78. The summed E-state index contributed by atoms with van der Waals surface area (Å²) in [7, 11) is 0. The van der Waals surface area contributed by atoms with E-state index >= 15 is 0 Å². The number of hydrogen-bond acceptors (Lipinski definition) is 2. The van der Waals surface area contributed by atoms with E-state index in [0.29, 0.717) is 0 Å². The summed E-state index contributed by atoms with van der Waals surface area (Å²) in [6, 6.07) is 8.02. The van der Waals surface area contributed by atoms with E-state index in [4.69, 9.17) is 11.6 Å². The first-order valence-electron chi connectivity index (χ1n) is 5.58. The van der Waals surface area contributed by atoms with Crippen molar-refractivity contribution in [2.45, 2.75) is 13.8 Å². The van der Waals surface area contributed by atoms with Crippen molar-refractivity contribution in [2.24, 2.45) is 0 Å². The molecule has 1 fully saturated rings. The van der Waals surface area contributed by atoms with Crippen molar-refractivity contribution in [3.63, 3.8) is 0 Å². The quantitative estimate of drug-likeness (QED) is 0.792. The molecule has 1 aliphatic heterocycles. The van der Waals surface area contributed by atoms with E-state index < -0.39 is 0 Å². The maximum Gasteiger partial charge on any atom is 0.0639 e. The molecule has 1 aliphatic rings. The van der Waals surface area contributed by atoms with Crippen molar-refractivity contribution < 1.29 is 0 Å². The first kappa shape index (κ1) is 12.3. The molecule has 1 heterocycles. The van der Waals surface area contributed by atoms with Crippen LogP contribution in [0.15, 0.2) is 24.3 Å². The summed E-state index contributed by atoms with van der Waals surface area (Å²) in [5, 5.41) is 4.17. The van der Waals surface area contributed by atoms with Crippen LogP contribution in [0.25, 0.3) is 0 Å². The van der Waals surface area contributed by atoms with Gasteiger partial charge in [0.2, 0.25) is 0 Å². The molecule has 3 heteroatoms. The highest BCUT2D eigenvalue weighted by Gasteiger charge is 2.11. The lowest BCUT2D eigenvalue weighted by molar-refractivity contribution is 0.589. The molecule has 1 aromatic carbocycles. The number of nitrogens with zero attached hydrogens (tertiary/aromatic N) is 1. The van der Waals surface area contributed by atoms with Crippen molar-refractivity contribution in [2.75, 3.05) is 31.1 Å². The Morgan fingerprint density at radius 2 is 1.73 bits per heavy atom. The molecule has 0 aromatic heterocycles. The third kappa shape index (κ3) is 3.40. The molecule has 0 unspecified atom stereocenters. The van der Waals surface area contributed by atoms with Gasteiger partial charge in [0.05, 0.1) is 10.7 Å². The summed E-state index contributed by atoms with van der Waals surface area (Å²) in [6.45, 7) is 8.18. The first-order valence-corrected chi connectivity index (χ1v) is 5.96. The van der Waals surface area contributed by atoms with Gasteiger partial charge in [0, 0.05) is 26.2 Å². The van der Waals surface area contributed by atoms with Crippen LogP contribution in [0, 0.1) is 0 Å². The summed E-state index contributed by atoms with van der Waals surface area (Å²) in [6.07, 6.45) is 0. The van der Waals surface area contributed by atoms with Crippen molar-refractivity contribution in [3.05, 3.63) is 29.3 Å². The van der Waals surface area contributed by atoms with Gasteiger partial charge in [0.1, 0.15) is 0 Å². The molecule has 0 bridgehead atoms. The molecule has 1 aromatic rings. The average Bonchev–Trinajstić information content (AvgIpc) is 2.33. The Morgan fingerprint density at radius 3 is 2.33 bits per heavy atom. The summed E-state index contributed by atoms with van der Waals surface area (Å²) < 4.78 is 0. The molecular formula is C12H19ClN2. The highest BCUT2D eigenvalue weighted by atomic mass is 35.5. The maximum absolute atomic E-state index is 6.10. The molecule has 0 amide bonds. The summed E-state index contributed by atoms with van der Waals surface area (Å²) in [5.74, 6) is 0. The minimum atomic E-state index is 0.851. The van der Waals surface area contributed by atoms with Gasteiger partial charge < -0.3 is 10.2 Å². The van der Waals surface area contributed by atoms with Crippen molar-refractivity contribution in [1.29, 1.82) is 0 Å². The Kier molecular flexibility index (Phi) is 5.51. The monoisotopic (exact) mass is 226 g/mol. The molecule has 84 valence electrons. The number of para-hydroxylation sites is 1. The van der Waals surface area contributed by atoms with Gasteiger partial charge in [-0.2, -0.15) is 0 Å². The van der Waals surface area contributed by atoms with E-state index in [1.165, 1.54) is 0 Å². The molecule has 2 rings (SSSR count).